The molecule has 1 aromatic rings. The van der Waals surface area contributed by atoms with Gasteiger partial charge in [-0.2, -0.15) is 0 Å². The summed E-state index contributed by atoms with van der Waals surface area (Å²) in [6.07, 6.45) is 2.37. The summed E-state index contributed by atoms with van der Waals surface area (Å²) in [5.74, 6) is -0.107. The molecule has 1 aliphatic rings. The molecule has 0 bridgehead atoms. The molecule has 1 fully saturated rings. The Hall–Kier alpha value is -1.88. The van der Waals surface area contributed by atoms with Crippen molar-refractivity contribution >= 4 is 11.8 Å². The van der Waals surface area contributed by atoms with Gasteiger partial charge in [-0.25, -0.2) is 0 Å². The summed E-state index contributed by atoms with van der Waals surface area (Å²) in [5, 5.41) is 2.79. The van der Waals surface area contributed by atoms with E-state index >= 15 is 0 Å². The summed E-state index contributed by atoms with van der Waals surface area (Å²) in [7, 11) is 0. The van der Waals surface area contributed by atoms with Crippen LogP contribution in [-0.2, 0) is 9.59 Å². The minimum absolute atomic E-state index is 0.0491. The Morgan fingerprint density at radius 1 is 1.30 bits per heavy atom. The van der Waals surface area contributed by atoms with Gasteiger partial charge in [0.15, 0.2) is 0 Å². The van der Waals surface area contributed by atoms with Crippen LogP contribution in [-0.4, -0.2) is 36.3 Å². The number of nitrogens with two attached hydrogens (primary N) is 1. The molecule has 0 saturated carbocycles. The standard InChI is InChI=1S/C15H21N3O2/c16-9-10-17-15(20)14(12-6-2-1-3-7-12)18-11-5-4-8-13(18)19/h1-3,6-7,14H,4-5,8-11,16H2,(H,17,20). The molecule has 108 valence electrons. The molecule has 0 radical (unpaired) electrons. The molecule has 1 aliphatic heterocycles. The van der Waals surface area contributed by atoms with Gasteiger partial charge in [-0.05, 0) is 18.4 Å². The highest BCUT2D eigenvalue weighted by atomic mass is 16.2. The Kier molecular flexibility index (Phi) is 5.12. The van der Waals surface area contributed by atoms with E-state index in [4.69, 9.17) is 5.73 Å². The summed E-state index contributed by atoms with van der Waals surface area (Å²) < 4.78 is 0. The van der Waals surface area contributed by atoms with Crippen LogP contribution >= 0.6 is 0 Å². The van der Waals surface area contributed by atoms with Gasteiger partial charge in [0.1, 0.15) is 6.04 Å². The molecule has 1 atom stereocenters. The zero-order valence-corrected chi connectivity index (χ0v) is 11.5. The van der Waals surface area contributed by atoms with Crippen LogP contribution in [0, 0.1) is 0 Å². The molecule has 5 heteroatoms. The lowest BCUT2D eigenvalue weighted by Crippen LogP contribution is -2.46. The highest BCUT2D eigenvalue weighted by Crippen LogP contribution is 2.25. The molecule has 20 heavy (non-hydrogen) atoms. The number of nitrogens with zero attached hydrogens (tertiary/aromatic N) is 1. The molecular weight excluding hydrogens is 254 g/mol. The monoisotopic (exact) mass is 275 g/mol. The van der Waals surface area contributed by atoms with Crippen molar-refractivity contribution in [2.75, 3.05) is 19.6 Å². The van der Waals surface area contributed by atoms with E-state index in [1.807, 2.05) is 30.3 Å². The van der Waals surface area contributed by atoms with Gasteiger partial charge in [0.05, 0.1) is 0 Å². The minimum atomic E-state index is -0.546. The maximum atomic E-state index is 12.4. The zero-order valence-electron chi connectivity index (χ0n) is 11.5. The van der Waals surface area contributed by atoms with Crippen LogP contribution in [0.4, 0.5) is 0 Å². The minimum Gasteiger partial charge on any atom is -0.353 e. The van der Waals surface area contributed by atoms with Crippen molar-refractivity contribution in [1.29, 1.82) is 0 Å². The van der Waals surface area contributed by atoms with Crippen molar-refractivity contribution < 1.29 is 9.59 Å². The van der Waals surface area contributed by atoms with Crippen molar-refractivity contribution in [2.45, 2.75) is 25.3 Å². The van der Waals surface area contributed by atoms with Crippen molar-refractivity contribution in [3.63, 3.8) is 0 Å². The second kappa shape index (κ2) is 7.05. The van der Waals surface area contributed by atoms with E-state index in [1.54, 1.807) is 4.90 Å². The van der Waals surface area contributed by atoms with E-state index in [0.29, 0.717) is 26.1 Å². The molecule has 0 aromatic heterocycles. The molecule has 3 N–H and O–H groups in total. The number of nitrogens with one attached hydrogen (secondary N) is 1. The first-order chi connectivity index (χ1) is 9.74. The molecule has 0 aliphatic carbocycles. The van der Waals surface area contributed by atoms with Gasteiger partial charge in [0.25, 0.3) is 0 Å². The number of carbonyl (C=O) groups is 2. The third kappa shape index (κ3) is 3.36. The van der Waals surface area contributed by atoms with Crippen LogP contribution in [0.2, 0.25) is 0 Å². The predicted molar refractivity (Wildman–Crippen MR) is 76.8 cm³/mol. The van der Waals surface area contributed by atoms with Crippen molar-refractivity contribution in [1.82, 2.24) is 10.2 Å². The largest absolute Gasteiger partial charge is 0.353 e. The van der Waals surface area contributed by atoms with Gasteiger partial charge in [-0.15, -0.1) is 0 Å². The van der Waals surface area contributed by atoms with Gasteiger partial charge in [-0.1, -0.05) is 30.3 Å². The van der Waals surface area contributed by atoms with Gasteiger partial charge in [0.2, 0.25) is 11.8 Å². The van der Waals surface area contributed by atoms with Crippen LogP contribution in [0.5, 0.6) is 0 Å². The summed E-state index contributed by atoms with van der Waals surface area (Å²) in [6, 6.07) is 8.88. The predicted octanol–water partition coefficient (Wildman–Crippen LogP) is 0.815. The lowest BCUT2D eigenvalue weighted by atomic mass is 10.0. The summed E-state index contributed by atoms with van der Waals surface area (Å²) in [4.78, 5) is 26.2. The van der Waals surface area contributed by atoms with E-state index in [1.165, 1.54) is 0 Å². The van der Waals surface area contributed by atoms with E-state index in [0.717, 1.165) is 18.4 Å². The average Bonchev–Trinajstić information content (AvgIpc) is 2.48. The van der Waals surface area contributed by atoms with E-state index in [9.17, 15) is 9.59 Å². The molecular formula is C15H21N3O2. The number of hydrogen-bond donors (Lipinski definition) is 2. The third-order valence-electron chi connectivity index (χ3n) is 3.48. The van der Waals surface area contributed by atoms with Gasteiger partial charge < -0.3 is 16.0 Å². The Morgan fingerprint density at radius 3 is 2.70 bits per heavy atom. The first-order valence-corrected chi connectivity index (χ1v) is 7.06. The van der Waals surface area contributed by atoms with Crippen LogP contribution in [0.25, 0.3) is 0 Å². The van der Waals surface area contributed by atoms with E-state index < -0.39 is 6.04 Å². The van der Waals surface area contributed by atoms with Gasteiger partial charge in [0, 0.05) is 26.1 Å². The summed E-state index contributed by atoms with van der Waals surface area (Å²) >= 11 is 0. The average molecular weight is 275 g/mol. The Bertz CT molecular complexity index is 461. The van der Waals surface area contributed by atoms with Crippen LogP contribution in [0.3, 0.4) is 0 Å². The number of amides is 2. The van der Waals surface area contributed by atoms with E-state index in [2.05, 4.69) is 5.32 Å². The normalized spacial score (nSPS) is 16.9. The summed E-state index contributed by atoms with van der Waals surface area (Å²) in [6.45, 7) is 1.44. The first-order valence-electron chi connectivity index (χ1n) is 7.06. The molecule has 1 saturated heterocycles. The second-order valence-electron chi connectivity index (χ2n) is 4.94. The second-order valence-corrected chi connectivity index (χ2v) is 4.94. The van der Waals surface area contributed by atoms with Gasteiger partial charge >= 0.3 is 0 Å². The van der Waals surface area contributed by atoms with Crippen molar-refractivity contribution in [3.05, 3.63) is 35.9 Å². The quantitative estimate of drug-likeness (QED) is 0.835. The fourth-order valence-electron chi connectivity index (χ4n) is 2.50. The number of hydrogen-bond acceptors (Lipinski definition) is 3. The molecule has 0 spiro atoms. The molecule has 1 heterocycles. The van der Waals surface area contributed by atoms with Crippen LogP contribution < -0.4 is 11.1 Å². The number of carbonyl (C=O) groups excluding carboxylic acids is 2. The lowest BCUT2D eigenvalue weighted by Gasteiger charge is -2.34. The fraction of sp³-hybridized carbons (Fsp3) is 0.467. The number of benzene rings is 1. The smallest absolute Gasteiger partial charge is 0.247 e. The highest BCUT2D eigenvalue weighted by molar-refractivity contribution is 5.89. The summed E-state index contributed by atoms with van der Waals surface area (Å²) in [5.41, 5.74) is 6.27. The van der Waals surface area contributed by atoms with Crippen LogP contribution in [0.15, 0.2) is 30.3 Å². The SMILES string of the molecule is NCCNC(=O)C(c1ccccc1)N1CCCCC1=O. The van der Waals surface area contributed by atoms with Gasteiger partial charge in [-0.3, -0.25) is 9.59 Å². The Labute approximate surface area is 119 Å². The molecule has 1 unspecified atom stereocenters. The number of likely N-dealkylation sites (tertiary alicyclic amines) is 1. The Balaban J connectivity index is 2.23. The molecule has 2 rings (SSSR count). The zero-order chi connectivity index (χ0) is 14.4. The molecule has 1 aromatic carbocycles. The maximum absolute atomic E-state index is 12.4. The van der Waals surface area contributed by atoms with Crippen molar-refractivity contribution in [2.24, 2.45) is 5.73 Å². The highest BCUT2D eigenvalue weighted by Gasteiger charge is 2.32. The lowest BCUT2D eigenvalue weighted by molar-refractivity contribution is -0.142. The number of piperidine rings is 1. The van der Waals surface area contributed by atoms with Crippen molar-refractivity contribution in [3.8, 4) is 0 Å². The maximum Gasteiger partial charge on any atom is 0.247 e. The third-order valence-corrected chi connectivity index (χ3v) is 3.48. The Morgan fingerprint density at radius 2 is 2.05 bits per heavy atom. The number of rotatable bonds is 5. The molecule has 2 amide bonds. The molecule has 5 nitrogen and oxygen atoms in total. The fourth-order valence-corrected chi connectivity index (χ4v) is 2.50. The first kappa shape index (κ1) is 14.5. The van der Waals surface area contributed by atoms with E-state index in [-0.39, 0.29) is 11.8 Å². The van der Waals surface area contributed by atoms with Crippen LogP contribution in [0.1, 0.15) is 30.9 Å². The topological polar surface area (TPSA) is 75.4 Å².